The summed E-state index contributed by atoms with van der Waals surface area (Å²) < 4.78 is 10.2. The second-order valence-electron chi connectivity index (χ2n) is 5.52. The van der Waals surface area contributed by atoms with Gasteiger partial charge in [0.15, 0.2) is 0 Å². The highest BCUT2D eigenvalue weighted by Crippen LogP contribution is 2.27. The number of anilines is 1. The van der Waals surface area contributed by atoms with Crippen LogP contribution in [0.25, 0.3) is 0 Å². The van der Waals surface area contributed by atoms with Crippen LogP contribution in [0.15, 0.2) is 54.2 Å². The van der Waals surface area contributed by atoms with Gasteiger partial charge in [-0.15, -0.1) is 0 Å². The van der Waals surface area contributed by atoms with Crippen LogP contribution >= 0.6 is 11.6 Å². The van der Waals surface area contributed by atoms with Crippen LogP contribution in [0.5, 0.6) is 11.5 Å². The third-order valence-corrected chi connectivity index (χ3v) is 4.05. The van der Waals surface area contributed by atoms with Crippen molar-refractivity contribution < 1.29 is 14.3 Å². The second-order valence-corrected chi connectivity index (χ2v) is 5.92. The molecule has 0 saturated carbocycles. The zero-order chi connectivity index (χ0) is 19.6. The van der Waals surface area contributed by atoms with Crippen LogP contribution < -0.4 is 20.1 Å². The summed E-state index contributed by atoms with van der Waals surface area (Å²) in [6.07, 6.45) is 2.00. The van der Waals surface area contributed by atoms with Crippen LogP contribution in [0, 0.1) is 11.3 Å². The predicted molar refractivity (Wildman–Crippen MR) is 105 cm³/mol. The number of hydrogen-bond acceptors (Lipinski definition) is 5. The molecule has 2 rings (SSSR count). The molecule has 0 bridgehead atoms. The largest absolute Gasteiger partial charge is 0.497 e. The van der Waals surface area contributed by atoms with Crippen LogP contribution in [0.4, 0.5) is 5.69 Å². The van der Waals surface area contributed by atoms with Gasteiger partial charge in [0.25, 0.3) is 5.91 Å². The van der Waals surface area contributed by atoms with Crippen molar-refractivity contribution >= 4 is 23.2 Å². The fraction of sp³-hybridized carbons (Fsp3) is 0.200. The van der Waals surface area contributed by atoms with Crippen LogP contribution in [0.3, 0.4) is 0 Å². The van der Waals surface area contributed by atoms with Crippen molar-refractivity contribution in [2.24, 2.45) is 0 Å². The van der Waals surface area contributed by atoms with Gasteiger partial charge >= 0.3 is 0 Å². The van der Waals surface area contributed by atoms with Crippen molar-refractivity contribution in [1.82, 2.24) is 5.32 Å². The van der Waals surface area contributed by atoms with Crippen molar-refractivity contribution in [3.8, 4) is 17.6 Å². The highest BCUT2D eigenvalue weighted by atomic mass is 35.5. The number of methoxy groups -OCH3 is 2. The molecule has 2 aromatic carbocycles. The van der Waals surface area contributed by atoms with Crippen molar-refractivity contribution in [3.63, 3.8) is 0 Å². The first-order valence-electron chi connectivity index (χ1n) is 8.19. The number of carbonyl (C=O) groups is 1. The van der Waals surface area contributed by atoms with E-state index in [-0.39, 0.29) is 5.57 Å². The first-order valence-corrected chi connectivity index (χ1v) is 8.56. The molecule has 7 heteroatoms. The Morgan fingerprint density at radius 3 is 2.52 bits per heavy atom. The second kappa shape index (κ2) is 10.1. The molecule has 0 aliphatic heterocycles. The fourth-order valence-electron chi connectivity index (χ4n) is 2.27. The molecule has 0 spiro atoms. The average Bonchev–Trinajstić information content (AvgIpc) is 2.69. The Hall–Kier alpha value is -3.17. The van der Waals surface area contributed by atoms with Crippen LogP contribution in [0.2, 0.25) is 5.02 Å². The SMILES string of the molecule is COc1ccc(CCNC(=O)/C(C#N)=C\Nc2ccc(OC)c(Cl)c2)cc1. The lowest BCUT2D eigenvalue weighted by Crippen LogP contribution is -2.27. The lowest BCUT2D eigenvalue weighted by Gasteiger charge is -2.07. The van der Waals surface area contributed by atoms with Gasteiger partial charge in [0.1, 0.15) is 23.1 Å². The molecule has 1 amide bonds. The van der Waals surface area contributed by atoms with Gasteiger partial charge in [0.05, 0.1) is 19.2 Å². The molecule has 0 aromatic heterocycles. The minimum absolute atomic E-state index is 0.0309. The van der Waals surface area contributed by atoms with Gasteiger partial charge in [-0.25, -0.2) is 0 Å². The Labute approximate surface area is 163 Å². The lowest BCUT2D eigenvalue weighted by atomic mass is 10.1. The standard InChI is InChI=1S/C20H20ClN3O3/c1-26-17-6-3-14(4-7-17)9-10-23-20(25)15(12-22)13-24-16-5-8-19(27-2)18(21)11-16/h3-8,11,13,24H,9-10H2,1-2H3,(H,23,25)/b15-13-. The van der Waals surface area contributed by atoms with E-state index in [1.165, 1.54) is 13.3 Å². The first kappa shape index (κ1) is 20.1. The average molecular weight is 386 g/mol. The van der Waals surface area contributed by atoms with Crippen LogP contribution in [-0.4, -0.2) is 26.7 Å². The number of amides is 1. The smallest absolute Gasteiger partial charge is 0.263 e. The summed E-state index contributed by atoms with van der Waals surface area (Å²) in [5.41, 5.74) is 1.67. The van der Waals surface area contributed by atoms with E-state index in [4.69, 9.17) is 21.1 Å². The van der Waals surface area contributed by atoms with Crippen molar-refractivity contribution in [3.05, 3.63) is 64.8 Å². The maximum atomic E-state index is 12.1. The van der Waals surface area contributed by atoms with E-state index in [9.17, 15) is 10.1 Å². The Morgan fingerprint density at radius 2 is 1.93 bits per heavy atom. The topological polar surface area (TPSA) is 83.4 Å². The monoisotopic (exact) mass is 385 g/mol. The molecular weight excluding hydrogens is 366 g/mol. The summed E-state index contributed by atoms with van der Waals surface area (Å²) in [6.45, 7) is 0.415. The van der Waals surface area contributed by atoms with Crippen molar-refractivity contribution in [1.29, 1.82) is 5.26 Å². The number of carbonyl (C=O) groups excluding carboxylic acids is 1. The summed E-state index contributed by atoms with van der Waals surface area (Å²) in [7, 11) is 3.14. The van der Waals surface area contributed by atoms with Gasteiger partial charge in [0, 0.05) is 18.4 Å². The zero-order valence-electron chi connectivity index (χ0n) is 15.1. The lowest BCUT2D eigenvalue weighted by molar-refractivity contribution is -0.117. The van der Waals surface area contributed by atoms with Crippen LogP contribution in [-0.2, 0) is 11.2 Å². The third kappa shape index (κ3) is 5.94. The molecule has 2 aromatic rings. The molecule has 0 aliphatic rings. The molecule has 0 fully saturated rings. The molecule has 27 heavy (non-hydrogen) atoms. The predicted octanol–water partition coefficient (Wildman–Crippen LogP) is 3.54. The Morgan fingerprint density at radius 1 is 1.19 bits per heavy atom. The van der Waals surface area contributed by atoms with E-state index in [1.807, 2.05) is 30.3 Å². The normalized spacial score (nSPS) is 10.7. The van der Waals surface area contributed by atoms with E-state index in [0.29, 0.717) is 29.4 Å². The maximum absolute atomic E-state index is 12.1. The molecule has 2 N–H and O–H groups in total. The number of nitrogens with zero attached hydrogens (tertiary/aromatic N) is 1. The molecule has 0 saturated heterocycles. The molecule has 0 heterocycles. The number of rotatable bonds is 8. The molecule has 6 nitrogen and oxygen atoms in total. The first-order chi connectivity index (χ1) is 13.1. The zero-order valence-corrected chi connectivity index (χ0v) is 15.8. The van der Waals surface area contributed by atoms with Gasteiger partial charge in [-0.2, -0.15) is 5.26 Å². The highest BCUT2D eigenvalue weighted by molar-refractivity contribution is 6.32. The number of nitrogens with one attached hydrogen (secondary N) is 2. The van der Waals surface area contributed by atoms with E-state index < -0.39 is 5.91 Å². The maximum Gasteiger partial charge on any atom is 0.263 e. The summed E-state index contributed by atoms with van der Waals surface area (Å²) in [5, 5.41) is 15.3. The molecular formula is C20H20ClN3O3. The number of halogens is 1. The summed E-state index contributed by atoms with van der Waals surface area (Å²) in [5.74, 6) is 0.878. The van der Waals surface area contributed by atoms with E-state index in [1.54, 1.807) is 25.3 Å². The molecule has 0 unspecified atom stereocenters. The Kier molecular flexibility index (Phi) is 7.53. The number of nitriles is 1. The summed E-state index contributed by atoms with van der Waals surface area (Å²) >= 11 is 6.05. The minimum Gasteiger partial charge on any atom is -0.497 e. The number of ether oxygens (including phenoxy) is 2. The molecule has 0 radical (unpaired) electrons. The number of benzene rings is 2. The van der Waals surface area contributed by atoms with E-state index in [0.717, 1.165) is 11.3 Å². The molecule has 140 valence electrons. The van der Waals surface area contributed by atoms with Gasteiger partial charge < -0.3 is 20.1 Å². The highest BCUT2D eigenvalue weighted by Gasteiger charge is 2.08. The Bertz CT molecular complexity index is 858. The van der Waals surface area contributed by atoms with Crippen molar-refractivity contribution in [2.45, 2.75) is 6.42 Å². The van der Waals surface area contributed by atoms with E-state index in [2.05, 4.69) is 10.6 Å². The van der Waals surface area contributed by atoms with Crippen LogP contribution in [0.1, 0.15) is 5.56 Å². The Balaban J connectivity index is 1.89. The summed E-state index contributed by atoms with van der Waals surface area (Å²) in [4.78, 5) is 12.1. The quantitative estimate of drug-likeness (QED) is 0.536. The third-order valence-electron chi connectivity index (χ3n) is 3.76. The molecule has 0 aliphatic carbocycles. The van der Waals surface area contributed by atoms with Gasteiger partial charge in [-0.1, -0.05) is 23.7 Å². The minimum atomic E-state index is -0.446. The number of hydrogen-bond donors (Lipinski definition) is 2. The van der Waals surface area contributed by atoms with E-state index >= 15 is 0 Å². The van der Waals surface area contributed by atoms with Crippen molar-refractivity contribution in [2.75, 3.05) is 26.1 Å². The summed E-state index contributed by atoms with van der Waals surface area (Å²) in [6, 6.07) is 14.5. The fourth-order valence-corrected chi connectivity index (χ4v) is 2.53. The molecule has 0 atom stereocenters. The van der Waals surface area contributed by atoms with Gasteiger partial charge in [-0.3, -0.25) is 4.79 Å². The van der Waals surface area contributed by atoms with Gasteiger partial charge in [-0.05, 0) is 42.3 Å². The van der Waals surface area contributed by atoms with Gasteiger partial charge in [0.2, 0.25) is 0 Å².